The van der Waals surface area contributed by atoms with Crippen molar-refractivity contribution in [1.82, 2.24) is 4.90 Å². The molecule has 1 rings (SSSR count). The summed E-state index contributed by atoms with van der Waals surface area (Å²) in [4.78, 5) is 24.6. The summed E-state index contributed by atoms with van der Waals surface area (Å²) in [7, 11) is 1.77. The van der Waals surface area contributed by atoms with E-state index in [1.54, 1.807) is 11.9 Å². The van der Waals surface area contributed by atoms with Gasteiger partial charge < -0.3 is 14.4 Å². The average Bonchev–Trinajstić information content (AvgIpc) is 2.50. The monoisotopic (exact) mass is 255 g/mol. The molecule has 18 heavy (non-hydrogen) atoms. The Kier molecular flexibility index (Phi) is 5.17. The van der Waals surface area contributed by atoms with Crippen molar-refractivity contribution in [2.75, 3.05) is 7.05 Å². The lowest BCUT2D eigenvalue weighted by Gasteiger charge is -2.30. The van der Waals surface area contributed by atoms with Crippen molar-refractivity contribution < 1.29 is 14.3 Å². The van der Waals surface area contributed by atoms with Gasteiger partial charge in [0.15, 0.2) is 0 Å². The maximum Gasteiger partial charge on any atom is 0.410 e. The smallest absolute Gasteiger partial charge is 0.410 e. The number of carbonyl (C=O) groups excluding carboxylic acids is 2. The standard InChI is InChI=1S/C14H25NO3/c1-14(2,3)18-13(17)15(4)12-8-6-5-7-11(9-12)10-16/h10-12H,5-9H2,1-4H3. The van der Waals surface area contributed by atoms with E-state index in [1.807, 2.05) is 20.8 Å². The fourth-order valence-electron chi connectivity index (χ4n) is 2.33. The molecular formula is C14H25NO3. The van der Waals surface area contributed by atoms with Gasteiger partial charge in [-0.1, -0.05) is 12.8 Å². The fraction of sp³-hybridized carbons (Fsp3) is 0.857. The van der Waals surface area contributed by atoms with Crippen molar-refractivity contribution in [1.29, 1.82) is 0 Å². The van der Waals surface area contributed by atoms with Gasteiger partial charge in [0, 0.05) is 19.0 Å². The van der Waals surface area contributed by atoms with E-state index in [9.17, 15) is 9.59 Å². The summed E-state index contributed by atoms with van der Waals surface area (Å²) in [6.07, 6.45) is 5.55. The second-order valence-electron chi connectivity index (χ2n) is 6.16. The van der Waals surface area contributed by atoms with Crippen LogP contribution in [-0.4, -0.2) is 36.0 Å². The molecule has 0 bridgehead atoms. The molecule has 4 nitrogen and oxygen atoms in total. The molecular weight excluding hydrogens is 230 g/mol. The van der Waals surface area contributed by atoms with E-state index < -0.39 is 5.60 Å². The quantitative estimate of drug-likeness (QED) is 0.563. The second kappa shape index (κ2) is 6.21. The summed E-state index contributed by atoms with van der Waals surface area (Å²) >= 11 is 0. The zero-order valence-electron chi connectivity index (χ0n) is 11.9. The van der Waals surface area contributed by atoms with Crippen LogP contribution in [0.3, 0.4) is 0 Å². The van der Waals surface area contributed by atoms with Crippen molar-refractivity contribution in [3.05, 3.63) is 0 Å². The summed E-state index contributed by atoms with van der Waals surface area (Å²) in [6, 6.07) is 0.123. The minimum atomic E-state index is -0.472. The van der Waals surface area contributed by atoms with Gasteiger partial charge in [-0.15, -0.1) is 0 Å². The summed E-state index contributed by atoms with van der Waals surface area (Å²) in [5.74, 6) is 0.0855. The van der Waals surface area contributed by atoms with Crippen LogP contribution in [0.2, 0.25) is 0 Å². The lowest BCUT2D eigenvalue weighted by atomic mass is 9.99. The minimum Gasteiger partial charge on any atom is -0.444 e. The van der Waals surface area contributed by atoms with Crippen LogP contribution in [0.15, 0.2) is 0 Å². The molecule has 1 aliphatic carbocycles. The Morgan fingerprint density at radius 2 is 1.89 bits per heavy atom. The van der Waals surface area contributed by atoms with Crippen LogP contribution in [0.4, 0.5) is 4.79 Å². The molecule has 0 aromatic rings. The fourth-order valence-corrected chi connectivity index (χ4v) is 2.33. The van der Waals surface area contributed by atoms with Gasteiger partial charge in [0.1, 0.15) is 11.9 Å². The minimum absolute atomic E-state index is 0.0855. The molecule has 1 fully saturated rings. The van der Waals surface area contributed by atoms with Gasteiger partial charge >= 0.3 is 6.09 Å². The number of hydrogen-bond donors (Lipinski definition) is 0. The van der Waals surface area contributed by atoms with E-state index >= 15 is 0 Å². The lowest BCUT2D eigenvalue weighted by Crippen LogP contribution is -2.41. The molecule has 0 spiro atoms. The Hall–Kier alpha value is -1.06. The Morgan fingerprint density at radius 3 is 2.44 bits per heavy atom. The van der Waals surface area contributed by atoms with E-state index in [2.05, 4.69) is 0 Å². The molecule has 1 aliphatic rings. The zero-order chi connectivity index (χ0) is 13.8. The van der Waals surface area contributed by atoms with E-state index in [0.717, 1.165) is 38.4 Å². The predicted molar refractivity (Wildman–Crippen MR) is 70.4 cm³/mol. The highest BCUT2D eigenvalue weighted by molar-refractivity contribution is 5.68. The molecule has 0 aromatic heterocycles. The van der Waals surface area contributed by atoms with Crippen LogP contribution in [0.1, 0.15) is 52.9 Å². The first-order chi connectivity index (χ1) is 8.33. The van der Waals surface area contributed by atoms with Crippen LogP contribution in [0.5, 0.6) is 0 Å². The molecule has 4 heteroatoms. The van der Waals surface area contributed by atoms with Crippen LogP contribution in [0.25, 0.3) is 0 Å². The largest absolute Gasteiger partial charge is 0.444 e. The van der Waals surface area contributed by atoms with Crippen molar-refractivity contribution in [2.45, 2.75) is 64.5 Å². The molecule has 0 saturated heterocycles. The Balaban J connectivity index is 2.60. The van der Waals surface area contributed by atoms with Crippen LogP contribution >= 0.6 is 0 Å². The molecule has 0 radical (unpaired) electrons. The van der Waals surface area contributed by atoms with Crippen LogP contribution in [-0.2, 0) is 9.53 Å². The van der Waals surface area contributed by atoms with Gasteiger partial charge in [-0.3, -0.25) is 0 Å². The van der Waals surface area contributed by atoms with E-state index in [-0.39, 0.29) is 18.1 Å². The van der Waals surface area contributed by atoms with E-state index in [0.29, 0.717) is 0 Å². The summed E-state index contributed by atoms with van der Waals surface area (Å²) < 4.78 is 5.36. The van der Waals surface area contributed by atoms with Gasteiger partial charge in [0.25, 0.3) is 0 Å². The van der Waals surface area contributed by atoms with Gasteiger partial charge in [-0.25, -0.2) is 4.79 Å². The molecule has 0 aliphatic heterocycles. The highest BCUT2D eigenvalue weighted by Crippen LogP contribution is 2.25. The highest BCUT2D eigenvalue weighted by atomic mass is 16.6. The Morgan fingerprint density at radius 1 is 1.28 bits per heavy atom. The average molecular weight is 255 g/mol. The highest BCUT2D eigenvalue weighted by Gasteiger charge is 2.28. The SMILES string of the molecule is CN(C(=O)OC(C)(C)C)C1CCCCC(C=O)C1. The number of hydrogen-bond acceptors (Lipinski definition) is 3. The molecule has 0 N–H and O–H groups in total. The third-order valence-corrected chi connectivity index (χ3v) is 3.36. The van der Waals surface area contributed by atoms with Gasteiger partial charge in [0.2, 0.25) is 0 Å². The van der Waals surface area contributed by atoms with Gasteiger partial charge in [-0.2, -0.15) is 0 Å². The summed E-state index contributed by atoms with van der Waals surface area (Å²) in [5.41, 5.74) is -0.472. The van der Waals surface area contributed by atoms with Crippen LogP contribution < -0.4 is 0 Å². The molecule has 1 saturated carbocycles. The second-order valence-corrected chi connectivity index (χ2v) is 6.16. The number of ether oxygens (including phenoxy) is 1. The first-order valence-corrected chi connectivity index (χ1v) is 6.74. The normalized spacial score (nSPS) is 25.1. The van der Waals surface area contributed by atoms with Crippen molar-refractivity contribution in [3.63, 3.8) is 0 Å². The molecule has 2 unspecified atom stereocenters. The van der Waals surface area contributed by atoms with Crippen molar-refractivity contribution >= 4 is 12.4 Å². The summed E-state index contributed by atoms with van der Waals surface area (Å²) in [6.45, 7) is 5.58. The number of nitrogens with zero attached hydrogens (tertiary/aromatic N) is 1. The molecule has 104 valence electrons. The third-order valence-electron chi connectivity index (χ3n) is 3.36. The van der Waals surface area contributed by atoms with Crippen molar-refractivity contribution in [2.24, 2.45) is 5.92 Å². The van der Waals surface area contributed by atoms with Gasteiger partial charge in [0.05, 0.1) is 0 Å². The maximum absolute atomic E-state index is 12.0. The predicted octanol–water partition coefficient (Wildman–Crippen LogP) is 3.00. The zero-order valence-corrected chi connectivity index (χ0v) is 11.9. The Labute approximate surface area is 110 Å². The first kappa shape index (κ1) is 15.0. The Bertz CT molecular complexity index is 296. The van der Waals surface area contributed by atoms with E-state index in [4.69, 9.17) is 4.74 Å². The number of rotatable bonds is 2. The van der Waals surface area contributed by atoms with Crippen molar-refractivity contribution in [3.8, 4) is 0 Å². The first-order valence-electron chi connectivity index (χ1n) is 6.74. The van der Waals surface area contributed by atoms with E-state index in [1.165, 1.54) is 0 Å². The van der Waals surface area contributed by atoms with Gasteiger partial charge in [-0.05, 0) is 40.0 Å². The number of amides is 1. The summed E-state index contributed by atoms with van der Waals surface area (Å²) in [5, 5.41) is 0. The lowest BCUT2D eigenvalue weighted by molar-refractivity contribution is -0.111. The van der Waals surface area contributed by atoms with Crippen LogP contribution in [0, 0.1) is 5.92 Å². The maximum atomic E-state index is 12.0. The topological polar surface area (TPSA) is 46.6 Å². The molecule has 0 aromatic carbocycles. The number of aldehydes is 1. The number of carbonyl (C=O) groups is 2. The third kappa shape index (κ3) is 4.67. The molecule has 0 heterocycles. The molecule has 1 amide bonds. The molecule has 2 atom stereocenters.